The van der Waals surface area contributed by atoms with Gasteiger partial charge in [0.1, 0.15) is 0 Å². The number of rotatable bonds is 0. The zero-order chi connectivity index (χ0) is 4.50. The van der Waals surface area contributed by atoms with Crippen LogP contribution in [0.3, 0.4) is 0 Å². The molecule has 58 valence electrons. The molecule has 0 aromatic heterocycles. The SMILES string of the molecule is O.O.O.[Cl][W]([Cl])([Cl])[Cl]. The van der Waals surface area contributed by atoms with Gasteiger partial charge in [-0.25, -0.2) is 0 Å². The Balaban J connectivity index is -0.0000000267. The molecule has 0 rings (SSSR count). The maximum atomic E-state index is 5.03. The predicted molar refractivity (Wildman–Crippen MR) is 34.3 cm³/mol. The summed E-state index contributed by atoms with van der Waals surface area (Å²) in [5.74, 6) is 0. The van der Waals surface area contributed by atoms with Crippen LogP contribution in [0.2, 0.25) is 0 Å². The number of halogens is 4. The van der Waals surface area contributed by atoms with Crippen molar-refractivity contribution in [2.75, 3.05) is 0 Å². The van der Waals surface area contributed by atoms with Crippen LogP contribution in [0.1, 0.15) is 0 Å². The van der Waals surface area contributed by atoms with Crippen molar-refractivity contribution in [1.29, 1.82) is 0 Å². The van der Waals surface area contributed by atoms with Gasteiger partial charge in [-0.2, -0.15) is 0 Å². The fraction of sp³-hybridized carbons (Fsp3) is 0. The summed E-state index contributed by atoms with van der Waals surface area (Å²) in [6, 6.07) is 0. The second-order valence-electron chi connectivity index (χ2n) is 0.350. The zero-order valence-corrected chi connectivity index (χ0v) is 9.38. The van der Waals surface area contributed by atoms with Crippen molar-refractivity contribution in [1.82, 2.24) is 0 Å². The van der Waals surface area contributed by atoms with E-state index in [-0.39, 0.29) is 16.4 Å². The molecule has 0 spiro atoms. The molecule has 0 saturated carbocycles. The van der Waals surface area contributed by atoms with Gasteiger partial charge in [0, 0.05) is 0 Å². The van der Waals surface area contributed by atoms with Gasteiger partial charge < -0.3 is 16.4 Å². The van der Waals surface area contributed by atoms with E-state index in [2.05, 4.69) is 0 Å². The Labute approximate surface area is 65.7 Å². The normalized spacial score (nSPS) is 9.50. The Kier molecular flexibility index (Phi) is 24.6. The summed E-state index contributed by atoms with van der Waals surface area (Å²) in [6.07, 6.45) is 0. The molecular weight excluding hydrogens is 374 g/mol. The summed E-state index contributed by atoms with van der Waals surface area (Å²) in [7, 11) is 20.1. The van der Waals surface area contributed by atoms with Crippen LogP contribution in [0.25, 0.3) is 0 Å². The average Bonchev–Trinajstić information content (AvgIpc) is 0.722. The van der Waals surface area contributed by atoms with E-state index in [9.17, 15) is 0 Å². The molecule has 0 saturated heterocycles. The fourth-order valence-corrected chi connectivity index (χ4v) is 0. The minimum atomic E-state index is -3.28. The summed E-state index contributed by atoms with van der Waals surface area (Å²) in [5.41, 5.74) is 0. The Morgan fingerprint density at radius 1 is 0.625 bits per heavy atom. The van der Waals surface area contributed by atoms with Crippen molar-refractivity contribution in [2.45, 2.75) is 0 Å². The van der Waals surface area contributed by atoms with E-state index in [0.29, 0.717) is 0 Å². The quantitative estimate of drug-likeness (QED) is 0.578. The Morgan fingerprint density at radius 2 is 0.625 bits per heavy atom. The second kappa shape index (κ2) is 8.73. The van der Waals surface area contributed by atoms with Crippen molar-refractivity contribution in [3.63, 3.8) is 0 Å². The molecule has 0 atom stereocenters. The van der Waals surface area contributed by atoms with Gasteiger partial charge in [-0.15, -0.1) is 0 Å². The summed E-state index contributed by atoms with van der Waals surface area (Å²) in [6.45, 7) is 0. The monoisotopic (exact) mass is 378 g/mol. The molecule has 8 heavy (non-hydrogen) atoms. The van der Waals surface area contributed by atoms with E-state index in [1.807, 2.05) is 0 Å². The van der Waals surface area contributed by atoms with Gasteiger partial charge in [-0.3, -0.25) is 0 Å². The van der Waals surface area contributed by atoms with Crippen molar-refractivity contribution in [3.8, 4) is 0 Å². The van der Waals surface area contributed by atoms with Crippen molar-refractivity contribution < 1.29 is 28.3 Å². The van der Waals surface area contributed by atoms with Crippen molar-refractivity contribution in [3.05, 3.63) is 0 Å². The molecule has 0 radical (unpaired) electrons. The molecule has 0 aromatic carbocycles. The van der Waals surface area contributed by atoms with E-state index >= 15 is 0 Å². The molecule has 0 heterocycles. The zero-order valence-electron chi connectivity index (χ0n) is 3.42. The maximum absolute atomic E-state index is 5.03. The van der Waals surface area contributed by atoms with Gasteiger partial charge in [-0.1, -0.05) is 0 Å². The molecule has 0 fully saturated rings. The fourth-order valence-electron chi connectivity index (χ4n) is 0. The third-order valence-electron chi connectivity index (χ3n) is 0. The van der Waals surface area contributed by atoms with Crippen LogP contribution in [-0.4, -0.2) is 16.4 Å². The van der Waals surface area contributed by atoms with E-state index in [4.69, 9.17) is 37.7 Å². The van der Waals surface area contributed by atoms with Crippen LogP contribution < -0.4 is 0 Å². The number of hydrogen-bond acceptors (Lipinski definition) is 0. The van der Waals surface area contributed by atoms with E-state index in [1.54, 1.807) is 0 Å². The van der Waals surface area contributed by atoms with Crippen molar-refractivity contribution >= 4 is 37.7 Å². The standard InChI is InChI=1S/4ClH.3H2O.W/h4*1H;3*1H2;/q;;;;;;;+4/p-4. The molecule has 6 N–H and O–H groups in total. The topological polar surface area (TPSA) is 94.5 Å². The Morgan fingerprint density at radius 3 is 0.625 bits per heavy atom. The van der Waals surface area contributed by atoms with Crippen LogP contribution in [0.5, 0.6) is 0 Å². The van der Waals surface area contributed by atoms with E-state index in [0.717, 1.165) is 0 Å². The molecule has 0 unspecified atom stereocenters. The molecule has 0 aliphatic carbocycles. The minimum absolute atomic E-state index is 0. The average molecular weight is 380 g/mol. The molecular formula is H6Cl4O3W. The first-order chi connectivity index (χ1) is 2.00. The number of hydrogen-bond donors (Lipinski definition) is 0. The van der Waals surface area contributed by atoms with E-state index in [1.165, 1.54) is 0 Å². The van der Waals surface area contributed by atoms with Crippen molar-refractivity contribution in [2.24, 2.45) is 0 Å². The van der Waals surface area contributed by atoms with Crippen LogP contribution in [0.15, 0.2) is 0 Å². The second-order valence-corrected chi connectivity index (χ2v) is 25.8. The predicted octanol–water partition coefficient (Wildman–Crippen LogP) is 0.281. The van der Waals surface area contributed by atoms with Crippen LogP contribution in [-0.2, 0) is 11.9 Å². The summed E-state index contributed by atoms with van der Waals surface area (Å²) in [5, 5.41) is 0. The van der Waals surface area contributed by atoms with Gasteiger partial charge in [0.25, 0.3) is 0 Å². The van der Waals surface area contributed by atoms with Crippen LogP contribution in [0, 0.1) is 0 Å². The first kappa shape index (κ1) is 22.6. The molecule has 0 aromatic rings. The Bertz CT molecular complexity index is 26.8. The van der Waals surface area contributed by atoms with E-state index < -0.39 is 11.9 Å². The summed E-state index contributed by atoms with van der Waals surface area (Å²) < 4.78 is 0. The first-order valence-corrected chi connectivity index (χ1v) is 15.2. The summed E-state index contributed by atoms with van der Waals surface area (Å²) in [4.78, 5) is 0. The third-order valence-corrected chi connectivity index (χ3v) is 0. The molecule has 8 heteroatoms. The van der Waals surface area contributed by atoms with Gasteiger partial charge in [-0.05, 0) is 0 Å². The summed E-state index contributed by atoms with van der Waals surface area (Å²) >= 11 is -3.28. The van der Waals surface area contributed by atoms with Crippen LogP contribution >= 0.6 is 37.7 Å². The third kappa shape index (κ3) is 117. The first-order valence-electron chi connectivity index (χ1n) is 0.617. The Hall–Kier alpha value is 1.73. The van der Waals surface area contributed by atoms with Gasteiger partial charge in [0.15, 0.2) is 0 Å². The molecule has 0 aliphatic heterocycles. The van der Waals surface area contributed by atoms with Gasteiger partial charge in [0.05, 0.1) is 0 Å². The van der Waals surface area contributed by atoms with Gasteiger partial charge >= 0.3 is 49.6 Å². The molecule has 0 bridgehead atoms. The molecule has 0 aliphatic rings. The van der Waals surface area contributed by atoms with Gasteiger partial charge in [0.2, 0.25) is 0 Å². The van der Waals surface area contributed by atoms with Crippen LogP contribution in [0.4, 0.5) is 0 Å². The molecule has 3 nitrogen and oxygen atoms in total. The molecule has 0 amide bonds.